The van der Waals surface area contributed by atoms with E-state index in [1.165, 1.54) is 0 Å². The van der Waals surface area contributed by atoms with Crippen molar-refractivity contribution in [3.63, 3.8) is 0 Å². The van der Waals surface area contributed by atoms with Crippen molar-refractivity contribution in [3.8, 4) is 0 Å². The maximum absolute atomic E-state index is 10.8. The second kappa shape index (κ2) is 2.71. The highest BCUT2D eigenvalue weighted by Gasteiger charge is 2.34. The fourth-order valence-corrected chi connectivity index (χ4v) is 1.85. The summed E-state index contributed by atoms with van der Waals surface area (Å²) in [5.41, 5.74) is 0. The Hall–Kier alpha value is -0.170. The summed E-state index contributed by atoms with van der Waals surface area (Å²) >= 11 is 0. The van der Waals surface area contributed by atoms with Gasteiger partial charge >= 0.3 is 0 Å². The van der Waals surface area contributed by atoms with Gasteiger partial charge in [0.05, 0.1) is 18.5 Å². The van der Waals surface area contributed by atoms with Gasteiger partial charge in [0, 0.05) is 13.1 Å². The molecule has 0 radical (unpaired) electrons. The van der Waals surface area contributed by atoms with Gasteiger partial charge in [-0.25, -0.2) is 8.42 Å². The highest BCUT2D eigenvalue weighted by Crippen LogP contribution is 2.12. The van der Waals surface area contributed by atoms with Crippen LogP contribution in [-0.2, 0) is 10.0 Å². The molecule has 6 heteroatoms. The second-order valence-electron chi connectivity index (χ2n) is 2.71. The molecule has 0 spiro atoms. The number of hydrogen-bond acceptors (Lipinski definition) is 4. The van der Waals surface area contributed by atoms with Gasteiger partial charge in [-0.05, 0) is 0 Å². The molecule has 1 saturated heterocycles. The Bertz CT molecular complexity index is 227. The lowest BCUT2D eigenvalue weighted by Crippen LogP contribution is -2.28. The van der Waals surface area contributed by atoms with Gasteiger partial charge < -0.3 is 10.2 Å². The Morgan fingerprint density at radius 1 is 1.27 bits per heavy atom. The molecule has 1 fully saturated rings. The summed E-state index contributed by atoms with van der Waals surface area (Å²) < 4.78 is 22.7. The first-order valence-corrected chi connectivity index (χ1v) is 5.07. The molecule has 1 aliphatic rings. The molecular weight excluding hydrogens is 170 g/mol. The Kier molecular flexibility index (Phi) is 2.19. The summed E-state index contributed by atoms with van der Waals surface area (Å²) in [5.74, 6) is 0. The van der Waals surface area contributed by atoms with Crippen LogP contribution in [0.25, 0.3) is 0 Å². The second-order valence-corrected chi connectivity index (χ2v) is 4.70. The minimum Gasteiger partial charge on any atom is -0.389 e. The van der Waals surface area contributed by atoms with E-state index >= 15 is 0 Å². The molecule has 0 bridgehead atoms. The van der Waals surface area contributed by atoms with Crippen LogP contribution in [0.15, 0.2) is 0 Å². The van der Waals surface area contributed by atoms with Gasteiger partial charge in [0.1, 0.15) is 0 Å². The first-order chi connectivity index (χ1) is 4.91. The minimum atomic E-state index is -3.26. The lowest BCUT2D eigenvalue weighted by atomic mass is 10.3. The lowest BCUT2D eigenvalue weighted by Gasteiger charge is -2.10. The van der Waals surface area contributed by atoms with E-state index in [-0.39, 0.29) is 13.1 Å². The zero-order chi connectivity index (χ0) is 8.65. The van der Waals surface area contributed by atoms with Crippen LogP contribution in [0.1, 0.15) is 0 Å². The van der Waals surface area contributed by atoms with Crippen LogP contribution in [0, 0.1) is 0 Å². The number of aliphatic hydroxyl groups excluding tert-OH is 2. The van der Waals surface area contributed by atoms with E-state index in [0.717, 1.165) is 10.6 Å². The highest BCUT2D eigenvalue weighted by molar-refractivity contribution is 7.88. The maximum Gasteiger partial charge on any atom is 0.211 e. The predicted molar refractivity (Wildman–Crippen MR) is 38.4 cm³/mol. The van der Waals surface area contributed by atoms with Crippen LogP contribution < -0.4 is 0 Å². The molecule has 0 unspecified atom stereocenters. The van der Waals surface area contributed by atoms with E-state index < -0.39 is 22.2 Å². The molecule has 0 amide bonds. The SMILES string of the molecule is CS(=O)(=O)N1C[C@@H](O)[C@@H](O)C1. The van der Waals surface area contributed by atoms with Crippen LogP contribution in [0.4, 0.5) is 0 Å². The molecule has 0 aromatic heterocycles. The zero-order valence-electron chi connectivity index (χ0n) is 6.14. The fourth-order valence-electron chi connectivity index (χ4n) is 1.01. The van der Waals surface area contributed by atoms with Crippen LogP contribution in [0.5, 0.6) is 0 Å². The van der Waals surface area contributed by atoms with Crippen molar-refractivity contribution < 1.29 is 18.6 Å². The molecule has 2 atom stereocenters. The Morgan fingerprint density at radius 2 is 1.64 bits per heavy atom. The average Bonchev–Trinajstić information content (AvgIpc) is 2.11. The summed E-state index contributed by atoms with van der Waals surface area (Å²) in [5, 5.41) is 18.0. The lowest BCUT2D eigenvalue weighted by molar-refractivity contribution is 0.0572. The minimum absolute atomic E-state index is 0.000000000000000222. The topological polar surface area (TPSA) is 77.8 Å². The van der Waals surface area contributed by atoms with Crippen molar-refractivity contribution in [2.75, 3.05) is 19.3 Å². The van der Waals surface area contributed by atoms with Gasteiger partial charge in [0.15, 0.2) is 0 Å². The van der Waals surface area contributed by atoms with Gasteiger partial charge in [0.2, 0.25) is 10.0 Å². The van der Waals surface area contributed by atoms with Gasteiger partial charge in [-0.1, -0.05) is 0 Å². The van der Waals surface area contributed by atoms with Crippen LogP contribution >= 0.6 is 0 Å². The van der Waals surface area contributed by atoms with Gasteiger partial charge in [-0.3, -0.25) is 0 Å². The quantitative estimate of drug-likeness (QED) is 0.489. The molecule has 1 heterocycles. The van der Waals surface area contributed by atoms with Gasteiger partial charge in [0.25, 0.3) is 0 Å². The Labute approximate surface area is 65.3 Å². The third kappa shape index (κ3) is 1.90. The van der Waals surface area contributed by atoms with Crippen molar-refractivity contribution in [2.45, 2.75) is 12.2 Å². The van der Waals surface area contributed by atoms with Crippen molar-refractivity contribution >= 4 is 10.0 Å². The number of rotatable bonds is 1. The number of nitrogens with zero attached hydrogens (tertiary/aromatic N) is 1. The summed E-state index contributed by atoms with van der Waals surface area (Å²) in [6, 6.07) is 0. The first-order valence-electron chi connectivity index (χ1n) is 3.22. The molecule has 66 valence electrons. The van der Waals surface area contributed by atoms with E-state index in [1.54, 1.807) is 0 Å². The van der Waals surface area contributed by atoms with Crippen LogP contribution in [0.3, 0.4) is 0 Å². The summed E-state index contributed by atoms with van der Waals surface area (Å²) in [6.45, 7) is 0.000000000000000444. The Balaban J connectivity index is 2.69. The van der Waals surface area contributed by atoms with Crippen molar-refractivity contribution in [3.05, 3.63) is 0 Å². The van der Waals surface area contributed by atoms with E-state index in [4.69, 9.17) is 10.2 Å². The van der Waals surface area contributed by atoms with Gasteiger partial charge in [-0.15, -0.1) is 0 Å². The van der Waals surface area contributed by atoms with Gasteiger partial charge in [-0.2, -0.15) is 4.31 Å². The standard InChI is InChI=1S/C5H11NO4S/c1-11(9,10)6-2-4(7)5(8)3-6/h4-5,7-8H,2-3H2,1H3/t4-,5+. The third-order valence-electron chi connectivity index (χ3n) is 1.69. The number of hydrogen-bond donors (Lipinski definition) is 2. The summed E-state index contributed by atoms with van der Waals surface area (Å²) in [4.78, 5) is 0. The maximum atomic E-state index is 10.8. The molecule has 1 aliphatic heterocycles. The summed E-state index contributed by atoms with van der Waals surface area (Å²) in [6.07, 6.45) is -0.827. The Morgan fingerprint density at radius 3 is 1.82 bits per heavy atom. The van der Waals surface area contributed by atoms with Crippen LogP contribution in [0.2, 0.25) is 0 Å². The molecule has 0 saturated carbocycles. The predicted octanol–water partition coefficient (Wildman–Crippen LogP) is -2.02. The highest BCUT2D eigenvalue weighted by atomic mass is 32.2. The fraction of sp³-hybridized carbons (Fsp3) is 1.00. The van der Waals surface area contributed by atoms with E-state index in [0.29, 0.717) is 0 Å². The number of aliphatic hydroxyl groups is 2. The smallest absolute Gasteiger partial charge is 0.211 e. The molecule has 0 aromatic rings. The molecular formula is C5H11NO4S. The number of sulfonamides is 1. The zero-order valence-corrected chi connectivity index (χ0v) is 6.95. The monoisotopic (exact) mass is 181 g/mol. The van der Waals surface area contributed by atoms with Crippen LogP contribution in [-0.4, -0.2) is 54.5 Å². The van der Waals surface area contributed by atoms with E-state index in [1.807, 2.05) is 0 Å². The molecule has 0 aromatic carbocycles. The molecule has 1 rings (SSSR count). The molecule has 5 nitrogen and oxygen atoms in total. The third-order valence-corrected chi connectivity index (χ3v) is 2.93. The normalized spacial score (nSPS) is 34.5. The van der Waals surface area contributed by atoms with Crippen molar-refractivity contribution in [1.29, 1.82) is 0 Å². The van der Waals surface area contributed by atoms with Crippen molar-refractivity contribution in [1.82, 2.24) is 4.31 Å². The molecule has 11 heavy (non-hydrogen) atoms. The van der Waals surface area contributed by atoms with E-state index in [9.17, 15) is 8.42 Å². The van der Waals surface area contributed by atoms with E-state index in [2.05, 4.69) is 0 Å². The average molecular weight is 181 g/mol. The first kappa shape index (κ1) is 8.92. The molecule has 0 aliphatic carbocycles. The van der Waals surface area contributed by atoms with Crippen molar-refractivity contribution in [2.24, 2.45) is 0 Å². The largest absolute Gasteiger partial charge is 0.389 e. The number of β-amino-alcohol motifs (C(OH)–C–C–N with tert-alkyl or cyclic N) is 2. The molecule has 2 N–H and O–H groups in total. The summed E-state index contributed by atoms with van der Waals surface area (Å²) in [7, 11) is -3.26.